The standard InChI is InChI=1S/C25H32FN3O2/c1-18-5-8-24(27-14-18)25(30)20-3-2-4-21(25)17-28(16-20)15-19-6-7-23(22(26)13-19)29-9-11-31-12-10-29/h5-8,13-14,20-21,30H,2-4,9-12,15-17H2,1H3. The van der Waals surface area contributed by atoms with E-state index in [1.165, 1.54) is 0 Å². The average molecular weight is 426 g/mol. The number of aryl methyl sites for hydroxylation is 1. The molecular weight excluding hydrogens is 393 g/mol. The zero-order valence-corrected chi connectivity index (χ0v) is 18.3. The smallest absolute Gasteiger partial charge is 0.146 e. The van der Waals surface area contributed by atoms with E-state index in [4.69, 9.17) is 4.74 Å². The Balaban J connectivity index is 1.31. The summed E-state index contributed by atoms with van der Waals surface area (Å²) in [6.45, 7) is 7.13. The van der Waals surface area contributed by atoms with Crippen LogP contribution in [0.25, 0.3) is 0 Å². The number of halogens is 1. The summed E-state index contributed by atoms with van der Waals surface area (Å²) in [6.07, 6.45) is 5.02. The monoisotopic (exact) mass is 425 g/mol. The van der Waals surface area contributed by atoms with Gasteiger partial charge in [0.25, 0.3) is 0 Å². The average Bonchev–Trinajstić information content (AvgIpc) is 2.76. The van der Waals surface area contributed by atoms with E-state index >= 15 is 0 Å². The zero-order chi connectivity index (χ0) is 21.4. The van der Waals surface area contributed by atoms with Crippen molar-refractivity contribution in [2.75, 3.05) is 44.3 Å². The second kappa shape index (κ2) is 8.49. The summed E-state index contributed by atoms with van der Waals surface area (Å²) in [6, 6.07) is 9.68. The van der Waals surface area contributed by atoms with E-state index in [0.29, 0.717) is 25.4 Å². The van der Waals surface area contributed by atoms with Crippen LogP contribution in [0.4, 0.5) is 10.1 Å². The number of aliphatic hydroxyl groups is 1. The normalized spacial score (nSPS) is 29.2. The van der Waals surface area contributed by atoms with Gasteiger partial charge < -0.3 is 14.7 Å². The SMILES string of the molecule is Cc1ccc(C2(O)C3CCCC2CN(Cc2ccc(N4CCOCC4)c(F)c2)C3)nc1. The highest BCUT2D eigenvalue weighted by Gasteiger charge is 2.52. The van der Waals surface area contributed by atoms with Crippen LogP contribution in [-0.4, -0.2) is 54.4 Å². The van der Waals surface area contributed by atoms with Crippen LogP contribution in [0, 0.1) is 24.6 Å². The van der Waals surface area contributed by atoms with Crippen LogP contribution in [0.15, 0.2) is 36.5 Å². The van der Waals surface area contributed by atoms with Crippen LogP contribution < -0.4 is 4.90 Å². The summed E-state index contributed by atoms with van der Waals surface area (Å²) in [5.41, 5.74) is 2.73. The molecule has 2 unspecified atom stereocenters. The molecule has 0 amide bonds. The van der Waals surface area contributed by atoms with Crippen molar-refractivity contribution in [1.29, 1.82) is 0 Å². The number of pyridine rings is 1. The van der Waals surface area contributed by atoms with Gasteiger partial charge in [-0.3, -0.25) is 9.88 Å². The van der Waals surface area contributed by atoms with Crippen LogP contribution >= 0.6 is 0 Å². The molecule has 0 spiro atoms. The van der Waals surface area contributed by atoms with E-state index < -0.39 is 5.60 Å². The lowest BCUT2D eigenvalue weighted by molar-refractivity contribution is -0.151. The molecule has 1 aromatic heterocycles. The molecule has 2 aromatic rings. The maximum absolute atomic E-state index is 14.8. The molecule has 0 radical (unpaired) electrons. The van der Waals surface area contributed by atoms with Crippen molar-refractivity contribution in [3.05, 3.63) is 59.2 Å². The van der Waals surface area contributed by atoms with Gasteiger partial charge in [0.15, 0.2) is 0 Å². The van der Waals surface area contributed by atoms with Gasteiger partial charge in [0.05, 0.1) is 24.6 Å². The number of ether oxygens (including phenoxy) is 1. The highest BCUT2D eigenvalue weighted by Crippen LogP contribution is 2.48. The van der Waals surface area contributed by atoms with E-state index in [1.807, 2.05) is 37.4 Å². The summed E-state index contributed by atoms with van der Waals surface area (Å²) < 4.78 is 20.2. The van der Waals surface area contributed by atoms with Crippen molar-refractivity contribution in [2.45, 2.75) is 38.3 Å². The number of nitrogens with zero attached hydrogens (tertiary/aromatic N) is 3. The van der Waals surface area contributed by atoms with Gasteiger partial charge in [0, 0.05) is 50.8 Å². The number of aromatic nitrogens is 1. The third-order valence-electron chi connectivity index (χ3n) is 7.40. The van der Waals surface area contributed by atoms with Crippen molar-refractivity contribution in [3.63, 3.8) is 0 Å². The Kier molecular flexibility index (Phi) is 5.71. The van der Waals surface area contributed by atoms with Gasteiger partial charge in [0.2, 0.25) is 0 Å². The molecule has 1 N–H and O–H groups in total. The Morgan fingerprint density at radius 2 is 1.87 bits per heavy atom. The molecule has 3 heterocycles. The minimum absolute atomic E-state index is 0.156. The van der Waals surface area contributed by atoms with Crippen molar-refractivity contribution in [2.24, 2.45) is 11.8 Å². The Labute approximate surface area is 183 Å². The highest BCUT2D eigenvalue weighted by molar-refractivity contribution is 5.49. The lowest BCUT2D eigenvalue weighted by Crippen LogP contribution is -2.58. The first-order valence-corrected chi connectivity index (χ1v) is 11.5. The number of benzene rings is 1. The second-order valence-electron chi connectivity index (χ2n) is 9.45. The second-order valence-corrected chi connectivity index (χ2v) is 9.45. The number of likely N-dealkylation sites (tertiary alicyclic amines) is 1. The number of rotatable bonds is 4. The summed E-state index contributed by atoms with van der Waals surface area (Å²) in [5.74, 6) is 0.164. The fraction of sp³-hybridized carbons (Fsp3) is 0.560. The molecule has 2 atom stereocenters. The van der Waals surface area contributed by atoms with Crippen LogP contribution in [-0.2, 0) is 16.9 Å². The van der Waals surface area contributed by atoms with Crippen molar-refractivity contribution < 1.29 is 14.2 Å². The van der Waals surface area contributed by atoms with Crippen LogP contribution in [0.1, 0.15) is 36.1 Å². The van der Waals surface area contributed by atoms with Gasteiger partial charge in [0.1, 0.15) is 11.4 Å². The largest absolute Gasteiger partial charge is 0.383 e. The summed E-state index contributed by atoms with van der Waals surface area (Å²) in [4.78, 5) is 9.05. The Morgan fingerprint density at radius 1 is 1.13 bits per heavy atom. The zero-order valence-electron chi connectivity index (χ0n) is 18.3. The van der Waals surface area contributed by atoms with E-state index in [9.17, 15) is 9.50 Å². The fourth-order valence-electron chi connectivity index (χ4n) is 5.76. The molecule has 3 fully saturated rings. The Hall–Kier alpha value is -2.02. The molecule has 1 aliphatic carbocycles. The van der Waals surface area contributed by atoms with Gasteiger partial charge in [-0.1, -0.05) is 18.6 Å². The van der Waals surface area contributed by atoms with Gasteiger partial charge in [-0.25, -0.2) is 4.39 Å². The molecular formula is C25H32FN3O2. The number of hydrogen-bond donors (Lipinski definition) is 1. The van der Waals surface area contributed by atoms with Crippen molar-refractivity contribution in [3.8, 4) is 0 Å². The molecule has 5 nitrogen and oxygen atoms in total. The molecule has 2 saturated heterocycles. The van der Waals surface area contributed by atoms with Gasteiger partial charge in [-0.15, -0.1) is 0 Å². The van der Waals surface area contributed by atoms with Gasteiger partial charge in [-0.05, 0) is 49.1 Å². The molecule has 6 heteroatoms. The number of morpholine rings is 1. The third kappa shape index (κ3) is 3.97. The number of anilines is 1. The minimum Gasteiger partial charge on any atom is -0.383 e. The number of hydrogen-bond acceptors (Lipinski definition) is 5. The molecule has 5 rings (SSSR count). The highest BCUT2D eigenvalue weighted by atomic mass is 19.1. The van der Waals surface area contributed by atoms with Gasteiger partial charge >= 0.3 is 0 Å². The fourth-order valence-corrected chi connectivity index (χ4v) is 5.76. The van der Waals surface area contributed by atoms with Crippen LogP contribution in [0.2, 0.25) is 0 Å². The van der Waals surface area contributed by atoms with Gasteiger partial charge in [-0.2, -0.15) is 0 Å². The molecule has 166 valence electrons. The maximum Gasteiger partial charge on any atom is 0.146 e. The first-order chi connectivity index (χ1) is 15.0. The molecule has 1 aromatic carbocycles. The molecule has 2 bridgehead atoms. The number of piperidine rings is 1. The van der Waals surface area contributed by atoms with Crippen molar-refractivity contribution >= 4 is 5.69 Å². The third-order valence-corrected chi connectivity index (χ3v) is 7.40. The summed E-state index contributed by atoms with van der Waals surface area (Å²) in [7, 11) is 0. The molecule has 31 heavy (non-hydrogen) atoms. The quantitative estimate of drug-likeness (QED) is 0.813. The lowest BCUT2D eigenvalue weighted by Gasteiger charge is -2.52. The Bertz CT molecular complexity index is 899. The predicted molar refractivity (Wildman–Crippen MR) is 118 cm³/mol. The van der Waals surface area contributed by atoms with Crippen LogP contribution in [0.5, 0.6) is 0 Å². The predicted octanol–water partition coefficient (Wildman–Crippen LogP) is 3.49. The van der Waals surface area contributed by atoms with E-state index in [-0.39, 0.29) is 17.7 Å². The van der Waals surface area contributed by atoms with Crippen LogP contribution in [0.3, 0.4) is 0 Å². The summed E-state index contributed by atoms with van der Waals surface area (Å²) in [5, 5.41) is 11.8. The number of fused-ring (bicyclic) bond motifs is 2. The first-order valence-electron chi connectivity index (χ1n) is 11.5. The maximum atomic E-state index is 14.8. The Morgan fingerprint density at radius 3 is 2.52 bits per heavy atom. The minimum atomic E-state index is -0.853. The first kappa shape index (κ1) is 20.9. The van der Waals surface area contributed by atoms with Crippen molar-refractivity contribution in [1.82, 2.24) is 9.88 Å². The van der Waals surface area contributed by atoms with E-state index in [1.54, 1.807) is 6.07 Å². The van der Waals surface area contributed by atoms with E-state index in [2.05, 4.69) is 14.8 Å². The van der Waals surface area contributed by atoms with E-state index in [0.717, 1.165) is 62.3 Å². The topological polar surface area (TPSA) is 48.8 Å². The molecule has 3 aliphatic rings. The molecule has 1 saturated carbocycles. The molecule has 2 aliphatic heterocycles. The lowest BCUT2D eigenvalue weighted by atomic mass is 9.64. The summed E-state index contributed by atoms with van der Waals surface area (Å²) >= 11 is 0.